The van der Waals surface area contributed by atoms with Gasteiger partial charge in [0.25, 0.3) is 5.69 Å². The largest absolute Gasteiger partial charge is 0.673 e. The zero-order valence-electron chi connectivity index (χ0n) is 11.1. The molecule has 0 radical (unpaired) electrons. The van der Waals surface area contributed by atoms with Gasteiger partial charge in [-0.15, -0.1) is 12.3 Å². The summed E-state index contributed by atoms with van der Waals surface area (Å²) >= 11 is 0. The first kappa shape index (κ1) is 19.2. The number of halogens is 4. The molecule has 11 heteroatoms. The van der Waals surface area contributed by atoms with Crippen LogP contribution in [0.15, 0.2) is 18.2 Å². The number of hydrogen-bond acceptors (Lipinski definition) is 4. The minimum Gasteiger partial charge on any atom is -0.486 e. The second kappa shape index (κ2) is 9.18. The van der Waals surface area contributed by atoms with Crippen LogP contribution in [-0.4, -0.2) is 18.8 Å². The smallest absolute Gasteiger partial charge is 0.486 e. The van der Waals surface area contributed by atoms with Crippen LogP contribution < -0.4 is 4.74 Å². The first-order valence-electron chi connectivity index (χ1n) is 5.76. The summed E-state index contributed by atoms with van der Waals surface area (Å²) in [5, 5.41) is 19.3. The van der Waals surface area contributed by atoms with Crippen molar-refractivity contribution in [2.45, 2.75) is 12.8 Å². The Bertz CT molecular complexity index is 590. The average molecular weight is 319 g/mol. The summed E-state index contributed by atoms with van der Waals surface area (Å²) < 4.78 is 44.3. The summed E-state index contributed by atoms with van der Waals surface area (Å²) in [6.45, 7) is 0.313. The Hall–Kier alpha value is -2.82. The van der Waals surface area contributed by atoms with Gasteiger partial charge in [-0.2, -0.15) is 0 Å². The van der Waals surface area contributed by atoms with E-state index >= 15 is 0 Å². The van der Waals surface area contributed by atoms with E-state index in [9.17, 15) is 27.4 Å². The molecule has 0 aromatic heterocycles. The van der Waals surface area contributed by atoms with E-state index in [1.54, 1.807) is 0 Å². The number of benzene rings is 1. The molecule has 0 spiro atoms. The Kier molecular flexibility index (Phi) is 8.01. The quantitative estimate of drug-likeness (QED) is 0.155. The normalized spacial score (nSPS) is 9.73. The van der Waals surface area contributed by atoms with Crippen molar-refractivity contribution in [1.29, 1.82) is 5.39 Å². The van der Waals surface area contributed by atoms with Crippen LogP contribution in [0.2, 0.25) is 0 Å². The summed E-state index contributed by atoms with van der Waals surface area (Å²) in [6, 6.07) is 3.77. The fraction of sp³-hybridized carbons (Fsp3) is 0.273. The first-order chi connectivity index (χ1) is 10.2. The number of nitro groups is 1. The fourth-order valence-corrected chi connectivity index (χ4v) is 1.17. The predicted octanol–water partition coefficient (Wildman–Crippen LogP) is 4.17. The van der Waals surface area contributed by atoms with Crippen LogP contribution in [0.1, 0.15) is 12.8 Å². The van der Waals surface area contributed by atoms with Crippen molar-refractivity contribution in [3.63, 3.8) is 0 Å². The summed E-state index contributed by atoms with van der Waals surface area (Å²) in [7, 11) is -6.00. The standard InChI is InChI=1S/C11H10N3O3.BF4/c1-2-3-4-7-17-11-8-9(14(15)16)5-6-10(11)13-12;2-1(3,4)5/h1,5-6,8H,3-4,7H2;/q+1;-1. The van der Waals surface area contributed by atoms with Gasteiger partial charge < -0.3 is 22.0 Å². The Morgan fingerprint density at radius 1 is 1.41 bits per heavy atom. The number of hydrogen-bond donors (Lipinski definition) is 0. The Labute approximate surface area is 123 Å². The molecule has 22 heavy (non-hydrogen) atoms. The molecule has 0 atom stereocenters. The van der Waals surface area contributed by atoms with Crippen molar-refractivity contribution in [3.05, 3.63) is 33.3 Å². The lowest BCUT2D eigenvalue weighted by atomic mass is 10.2. The van der Waals surface area contributed by atoms with Gasteiger partial charge in [-0.25, -0.2) is 0 Å². The number of nitrogens with zero attached hydrogens (tertiary/aromatic N) is 3. The zero-order valence-corrected chi connectivity index (χ0v) is 11.1. The Morgan fingerprint density at radius 3 is 2.45 bits per heavy atom. The highest BCUT2D eigenvalue weighted by Crippen LogP contribution is 2.31. The molecule has 0 aliphatic rings. The van der Waals surface area contributed by atoms with Crippen LogP contribution in [0.25, 0.3) is 4.98 Å². The first-order valence-corrected chi connectivity index (χ1v) is 5.76. The third-order valence-electron chi connectivity index (χ3n) is 1.98. The van der Waals surface area contributed by atoms with Gasteiger partial charge in [0.15, 0.2) is 4.98 Å². The molecular formula is C11H10BF4N3O3. The number of nitro benzene ring substituents is 1. The number of terminal acetylenes is 1. The molecule has 0 fully saturated rings. The van der Waals surface area contributed by atoms with Crippen molar-refractivity contribution in [2.75, 3.05) is 6.61 Å². The second-order valence-electron chi connectivity index (χ2n) is 3.66. The van der Waals surface area contributed by atoms with Gasteiger partial charge >= 0.3 is 12.9 Å². The van der Waals surface area contributed by atoms with Crippen LogP contribution in [0, 0.1) is 27.9 Å². The molecule has 1 rings (SSSR count). The zero-order chi connectivity index (χ0) is 17.2. The minimum absolute atomic E-state index is 0.121. The highest BCUT2D eigenvalue weighted by molar-refractivity contribution is 6.50. The van der Waals surface area contributed by atoms with Gasteiger partial charge in [-0.3, -0.25) is 10.1 Å². The number of ether oxygens (including phenoxy) is 1. The summed E-state index contributed by atoms with van der Waals surface area (Å²) in [5.74, 6) is 2.62. The predicted molar refractivity (Wildman–Crippen MR) is 71.6 cm³/mol. The maximum absolute atomic E-state index is 10.6. The molecular weight excluding hydrogens is 309 g/mol. The maximum Gasteiger partial charge on any atom is 0.673 e. The summed E-state index contributed by atoms with van der Waals surface area (Å²) in [4.78, 5) is 13.0. The fourth-order valence-electron chi connectivity index (χ4n) is 1.17. The highest BCUT2D eigenvalue weighted by atomic mass is 19.5. The molecule has 0 saturated carbocycles. The van der Waals surface area contributed by atoms with Crippen LogP contribution in [0.3, 0.4) is 0 Å². The molecule has 0 heterocycles. The molecule has 0 N–H and O–H groups in total. The molecule has 1 aromatic carbocycles. The van der Waals surface area contributed by atoms with Gasteiger partial charge in [-0.05, 0) is 6.42 Å². The lowest BCUT2D eigenvalue weighted by Gasteiger charge is -2.01. The lowest BCUT2D eigenvalue weighted by molar-refractivity contribution is -0.384. The van der Waals surface area contributed by atoms with Gasteiger partial charge in [0.2, 0.25) is 11.1 Å². The topological polar surface area (TPSA) is 80.5 Å². The van der Waals surface area contributed by atoms with E-state index in [1.165, 1.54) is 18.2 Å². The Balaban J connectivity index is 0.000000763. The maximum atomic E-state index is 10.6. The Morgan fingerprint density at radius 2 is 2.00 bits per heavy atom. The van der Waals surface area contributed by atoms with Gasteiger partial charge in [-0.1, -0.05) is 0 Å². The van der Waals surface area contributed by atoms with Crippen LogP contribution in [0.4, 0.5) is 28.6 Å². The van der Waals surface area contributed by atoms with Crippen LogP contribution >= 0.6 is 0 Å². The molecule has 0 unspecified atom stereocenters. The monoisotopic (exact) mass is 319 g/mol. The second-order valence-corrected chi connectivity index (χ2v) is 3.66. The van der Waals surface area contributed by atoms with E-state index in [-0.39, 0.29) is 17.1 Å². The van der Waals surface area contributed by atoms with Crippen molar-refractivity contribution in [3.8, 4) is 18.1 Å². The van der Waals surface area contributed by atoms with E-state index in [1.807, 2.05) is 0 Å². The molecule has 0 saturated heterocycles. The molecule has 1 aromatic rings. The molecule has 118 valence electrons. The van der Waals surface area contributed by atoms with Crippen molar-refractivity contribution < 1.29 is 26.9 Å². The van der Waals surface area contributed by atoms with Crippen molar-refractivity contribution in [2.24, 2.45) is 0 Å². The van der Waals surface area contributed by atoms with E-state index in [0.717, 1.165) is 0 Å². The average Bonchev–Trinajstić information content (AvgIpc) is 2.41. The minimum atomic E-state index is -6.00. The molecule has 6 nitrogen and oxygen atoms in total. The number of non-ortho nitro benzene ring substituents is 1. The SMILES string of the molecule is C#CCCCOc1cc([N+](=O)[O-])ccc1[N+]#N.F[B-](F)(F)F. The van der Waals surface area contributed by atoms with Gasteiger partial charge in [0.1, 0.15) is 0 Å². The lowest BCUT2D eigenvalue weighted by Crippen LogP contribution is -2.02. The third kappa shape index (κ3) is 9.15. The van der Waals surface area contributed by atoms with Gasteiger partial charge in [0.05, 0.1) is 17.6 Å². The highest BCUT2D eigenvalue weighted by Gasteiger charge is 2.21. The van der Waals surface area contributed by atoms with E-state index in [4.69, 9.17) is 16.6 Å². The molecule has 0 aliphatic carbocycles. The van der Waals surface area contributed by atoms with E-state index in [0.29, 0.717) is 19.4 Å². The van der Waals surface area contributed by atoms with Gasteiger partial charge in [0, 0.05) is 18.6 Å². The third-order valence-corrected chi connectivity index (χ3v) is 1.98. The number of rotatable bonds is 5. The molecule has 0 aliphatic heterocycles. The molecule has 0 amide bonds. The summed E-state index contributed by atoms with van der Waals surface area (Å²) in [5.41, 5.74) is 0.0284. The number of diazo groups is 1. The van der Waals surface area contributed by atoms with Crippen LogP contribution in [0.5, 0.6) is 5.75 Å². The van der Waals surface area contributed by atoms with E-state index < -0.39 is 12.2 Å². The summed E-state index contributed by atoms with van der Waals surface area (Å²) in [6.07, 6.45) is 6.26. The van der Waals surface area contributed by atoms with Crippen LogP contribution in [-0.2, 0) is 0 Å². The van der Waals surface area contributed by atoms with Crippen molar-refractivity contribution >= 4 is 18.6 Å². The number of unbranched alkanes of at least 4 members (excludes halogenated alkanes) is 1. The van der Waals surface area contributed by atoms with Crippen molar-refractivity contribution in [1.82, 2.24) is 0 Å². The van der Waals surface area contributed by atoms with E-state index in [2.05, 4.69) is 10.9 Å². The molecule has 0 bridgehead atoms.